The van der Waals surface area contributed by atoms with Gasteiger partial charge in [0, 0.05) is 0 Å². The molecule has 0 amide bonds. The lowest BCUT2D eigenvalue weighted by atomic mass is 11.0. The van der Waals surface area contributed by atoms with Crippen LogP contribution in [0.4, 0.5) is 0 Å². The molecule has 0 bridgehead atoms. The summed E-state index contributed by atoms with van der Waals surface area (Å²) in [5.74, 6) is 0. The van der Waals surface area contributed by atoms with E-state index in [1.165, 1.54) is 0 Å². The van der Waals surface area contributed by atoms with Gasteiger partial charge in [0.15, 0.2) is 5.73 Å². The van der Waals surface area contributed by atoms with Crippen LogP contribution in [-0.4, -0.2) is 5.11 Å². The average Bonchev–Trinajstić information content (AvgIpc) is 1.37. The largest absolute Gasteiger partial charge is 0.419 e. The van der Waals surface area contributed by atoms with Gasteiger partial charge in [-0.15, -0.1) is 0 Å². The van der Waals surface area contributed by atoms with Crippen molar-refractivity contribution < 1.29 is 5.11 Å². The van der Waals surface area contributed by atoms with Crippen LogP contribution < -0.4 is 0 Å². The van der Waals surface area contributed by atoms with Gasteiger partial charge < -0.3 is 5.11 Å². The van der Waals surface area contributed by atoms with Crippen molar-refractivity contribution in [1.82, 2.24) is 0 Å². The van der Waals surface area contributed by atoms with Gasteiger partial charge in [-0.3, -0.25) is 0 Å². The van der Waals surface area contributed by atoms with Crippen molar-refractivity contribution in [2.24, 2.45) is 0 Å². The Hall–Kier alpha value is -0.770. The summed E-state index contributed by atoms with van der Waals surface area (Å²) in [5.41, 5.74) is 1.86. The summed E-state index contributed by atoms with van der Waals surface area (Å²) in [6, 6.07) is 0. The first-order chi connectivity index (χ1) is 1.91. The lowest BCUT2D eigenvalue weighted by Crippen LogP contribution is -1.30. The number of rotatable bonds is 0. The second-order valence-electron chi connectivity index (χ2n) is 0.296. The molecule has 1 nitrogen and oxygen atoms in total. The Labute approximate surface area is 24.9 Å². The summed E-state index contributed by atoms with van der Waals surface area (Å²) in [6.45, 7) is 4.47. The molecule has 0 aromatic rings. The monoisotopic (exact) mass is 55.0 g/mol. The van der Waals surface area contributed by atoms with Crippen LogP contribution in [0.1, 0.15) is 0 Å². The molecule has 0 spiro atoms. The molecule has 0 heterocycles. The molecule has 4 heavy (non-hydrogen) atoms. The van der Waals surface area contributed by atoms with Gasteiger partial charge in [-0.25, -0.2) is 0 Å². The summed E-state index contributed by atoms with van der Waals surface area (Å²) in [6.07, 6.45) is 0.653. The van der Waals surface area contributed by atoms with E-state index in [1.54, 1.807) is 0 Å². The van der Waals surface area contributed by atoms with Crippen molar-refractivity contribution in [1.29, 1.82) is 0 Å². The fraction of sp³-hybridized carbons (Fsp3) is 0. The third kappa shape index (κ3) is 1.23. The molecule has 0 aromatic carbocycles. The molecule has 0 unspecified atom stereocenters. The van der Waals surface area contributed by atoms with E-state index < -0.39 is 0 Å². The van der Waals surface area contributed by atoms with Crippen molar-refractivity contribution >= 4 is 0 Å². The molecule has 0 fully saturated rings. The lowest BCUT2D eigenvalue weighted by Gasteiger charge is -1.30. The summed E-state index contributed by atoms with van der Waals surface area (Å²) in [5, 5.41) is 7.51. The van der Waals surface area contributed by atoms with Crippen LogP contribution in [0.3, 0.4) is 0 Å². The van der Waals surface area contributed by atoms with Crippen molar-refractivity contribution in [3.05, 3.63) is 18.6 Å². The fourth-order valence-electron chi connectivity index (χ4n) is 0. The molecule has 0 saturated heterocycles. The second kappa shape index (κ2) is 2.23. The average molecular weight is 55.1 g/mol. The number of aliphatic hydroxyl groups excluding tert-OH is 1. The molecule has 0 atom stereocenters. The van der Waals surface area contributed by atoms with E-state index in [0.29, 0.717) is 6.26 Å². The van der Waals surface area contributed by atoms with Crippen molar-refractivity contribution in [2.75, 3.05) is 0 Å². The van der Waals surface area contributed by atoms with Gasteiger partial charge in [-0.05, 0) is 0 Å². The van der Waals surface area contributed by atoms with Gasteiger partial charge >= 0.3 is 0 Å². The molecule has 0 saturated carbocycles. The molecule has 0 aromatic heterocycles. The van der Waals surface area contributed by atoms with Crippen LogP contribution in [0, 0.1) is 6.58 Å². The normalized spacial score (nSPS) is 3.75. The third-order valence-corrected chi connectivity index (χ3v) is 0.0745. The van der Waals surface area contributed by atoms with E-state index in [-0.39, 0.29) is 0 Å². The van der Waals surface area contributed by atoms with E-state index in [2.05, 4.69) is 6.58 Å². The molecule has 0 aliphatic heterocycles. The van der Waals surface area contributed by atoms with E-state index >= 15 is 0 Å². The number of aliphatic hydroxyl groups is 1. The van der Waals surface area contributed by atoms with Crippen LogP contribution in [-0.2, 0) is 0 Å². The highest BCUT2D eigenvalue weighted by molar-refractivity contribution is 4.55. The zero-order chi connectivity index (χ0) is 3.41. The first-order valence-electron chi connectivity index (χ1n) is 0.836. The van der Waals surface area contributed by atoms with Gasteiger partial charge in [0.25, 0.3) is 6.26 Å². The molecule has 0 aliphatic carbocycles. The summed E-state index contributed by atoms with van der Waals surface area (Å²) < 4.78 is 0. The van der Waals surface area contributed by atoms with Crippen molar-refractivity contribution in [2.45, 2.75) is 0 Å². The molecule has 0 radical (unpaired) electrons. The van der Waals surface area contributed by atoms with Crippen LogP contribution in [0.5, 0.6) is 0 Å². The van der Waals surface area contributed by atoms with Crippen molar-refractivity contribution in [3.63, 3.8) is 0 Å². The molecular weight excluding hydrogens is 52.0 g/mol. The predicted molar refractivity (Wildman–Crippen MR) is 15.0 cm³/mol. The topological polar surface area (TPSA) is 20.2 Å². The van der Waals surface area contributed by atoms with E-state index in [4.69, 9.17) is 5.11 Å². The van der Waals surface area contributed by atoms with Crippen LogP contribution >= 0.6 is 0 Å². The van der Waals surface area contributed by atoms with E-state index in [0.717, 1.165) is 0 Å². The molecule has 0 rings (SSSR count). The van der Waals surface area contributed by atoms with Gasteiger partial charge in [-0.2, -0.15) is 0 Å². The Kier molecular flexibility index (Phi) is 1.80. The zero-order valence-corrected chi connectivity index (χ0v) is 2.10. The smallest absolute Gasteiger partial charge is 0.267 e. The molecule has 20 valence electrons. The highest BCUT2D eigenvalue weighted by Gasteiger charge is 1.41. The van der Waals surface area contributed by atoms with Gasteiger partial charge in [0.05, 0.1) is 0 Å². The van der Waals surface area contributed by atoms with Gasteiger partial charge in [-0.1, -0.05) is 0 Å². The van der Waals surface area contributed by atoms with Crippen LogP contribution in [0.25, 0.3) is 0 Å². The minimum atomic E-state index is 0.653. The van der Waals surface area contributed by atoms with Gasteiger partial charge in [0.2, 0.25) is 0 Å². The maximum Gasteiger partial charge on any atom is 0.267 e. The Morgan fingerprint density at radius 2 is 2.25 bits per heavy atom. The predicted octanol–water partition coefficient (Wildman–Crippen LogP) is 0.646. The summed E-state index contributed by atoms with van der Waals surface area (Å²) in [4.78, 5) is 0. The highest BCUT2D eigenvalue weighted by Crippen LogP contribution is 1.37. The number of hydrogen-bond donors (Lipinski definition) is 1. The molecular formula is C3H3O+. The minimum Gasteiger partial charge on any atom is -0.419 e. The maximum absolute atomic E-state index is 7.51. The standard InChI is InChI=1S/C3H2O/c1-2-3-4/h1,3H/p+1. The van der Waals surface area contributed by atoms with E-state index in [9.17, 15) is 0 Å². The molecule has 0 aliphatic rings. The van der Waals surface area contributed by atoms with E-state index in [1.807, 2.05) is 5.73 Å². The maximum atomic E-state index is 7.51. The van der Waals surface area contributed by atoms with Gasteiger partial charge in [0.1, 0.15) is 6.58 Å². The second-order valence-corrected chi connectivity index (χ2v) is 0.296. The Balaban J connectivity index is 3.11. The first kappa shape index (κ1) is 3.23. The number of hydrogen-bond acceptors (Lipinski definition) is 1. The Morgan fingerprint density at radius 1 is 2.00 bits per heavy atom. The lowest BCUT2D eigenvalue weighted by molar-refractivity contribution is 0.475. The Morgan fingerprint density at radius 3 is 2.25 bits per heavy atom. The highest BCUT2D eigenvalue weighted by atomic mass is 16.2. The minimum absolute atomic E-state index is 0.653. The van der Waals surface area contributed by atoms with Crippen LogP contribution in [0.15, 0.2) is 12.0 Å². The summed E-state index contributed by atoms with van der Waals surface area (Å²) >= 11 is 0. The molecule has 1 N–H and O–H groups in total. The fourth-order valence-corrected chi connectivity index (χ4v) is 0. The zero-order valence-electron chi connectivity index (χ0n) is 2.10. The quantitative estimate of drug-likeness (QED) is 0.245. The first-order valence-corrected chi connectivity index (χ1v) is 0.836. The SMILES string of the molecule is [CH+]=C=CO. The third-order valence-electron chi connectivity index (χ3n) is 0.0745. The summed E-state index contributed by atoms with van der Waals surface area (Å²) in [7, 11) is 0. The van der Waals surface area contributed by atoms with Crippen LogP contribution in [0.2, 0.25) is 0 Å². The Bertz CT molecular complexity index is 41.2. The molecule has 1 heteroatoms. The van der Waals surface area contributed by atoms with Crippen molar-refractivity contribution in [3.8, 4) is 0 Å².